The van der Waals surface area contributed by atoms with Gasteiger partial charge in [0.05, 0.1) is 22.1 Å². The lowest BCUT2D eigenvalue weighted by atomic mass is 9.98. The lowest BCUT2D eigenvalue weighted by Gasteiger charge is -2.09. The van der Waals surface area contributed by atoms with Gasteiger partial charge >= 0.3 is 6.18 Å². The van der Waals surface area contributed by atoms with Gasteiger partial charge in [0, 0.05) is 12.1 Å². The maximum absolute atomic E-state index is 12.9. The minimum Gasteiger partial charge on any atom is -0.258 e. The van der Waals surface area contributed by atoms with Crippen molar-refractivity contribution < 1.29 is 18.1 Å². The van der Waals surface area contributed by atoms with Gasteiger partial charge in [-0.3, -0.25) is 10.1 Å². The smallest absolute Gasteiger partial charge is 0.258 e. The highest BCUT2D eigenvalue weighted by atomic mass is 19.4. The predicted octanol–water partition coefficient (Wildman–Crippen LogP) is 5.83. The third-order valence-corrected chi connectivity index (χ3v) is 4.01. The van der Waals surface area contributed by atoms with Crippen LogP contribution in [0.5, 0.6) is 0 Å². The molecule has 0 atom stereocenters. The third kappa shape index (κ3) is 3.80. The first-order valence-electron chi connectivity index (χ1n) is 7.76. The van der Waals surface area contributed by atoms with Crippen LogP contribution in [-0.2, 0) is 6.18 Å². The fourth-order valence-electron chi connectivity index (χ4n) is 2.75. The Labute approximate surface area is 151 Å². The van der Waals surface area contributed by atoms with Crippen LogP contribution in [0.3, 0.4) is 0 Å². The van der Waals surface area contributed by atoms with Gasteiger partial charge in [-0.15, -0.1) is 0 Å². The molecule has 0 unspecified atom stereocenters. The molecule has 0 saturated heterocycles. The number of hydrogen-bond donors (Lipinski definition) is 0. The van der Waals surface area contributed by atoms with Crippen molar-refractivity contribution in [1.29, 1.82) is 5.26 Å². The van der Waals surface area contributed by atoms with Crippen LogP contribution >= 0.6 is 0 Å². The van der Waals surface area contributed by atoms with E-state index in [1.54, 1.807) is 24.3 Å². The molecule has 0 bridgehead atoms. The predicted molar refractivity (Wildman–Crippen MR) is 95.5 cm³/mol. The minimum absolute atomic E-state index is 0.0215. The van der Waals surface area contributed by atoms with Crippen LogP contribution in [0.15, 0.2) is 60.7 Å². The zero-order chi connectivity index (χ0) is 19.6. The van der Waals surface area contributed by atoms with Crippen molar-refractivity contribution in [2.75, 3.05) is 0 Å². The molecule has 134 valence electrons. The van der Waals surface area contributed by atoms with E-state index >= 15 is 0 Å². The molecule has 0 aliphatic rings. The summed E-state index contributed by atoms with van der Waals surface area (Å²) in [6, 6.07) is 15.9. The van der Waals surface area contributed by atoms with E-state index in [1.165, 1.54) is 30.3 Å². The highest BCUT2D eigenvalue weighted by molar-refractivity contribution is 5.99. The standard InChI is InChI=1S/C20H11F3N2O2/c21-20(22,23)17-6-3-5-13(9-17)16(12-24)8-15-11-18(25(26)27)10-14-4-1-2-7-19(14)15/h1-11H. The van der Waals surface area contributed by atoms with Crippen LogP contribution in [0.2, 0.25) is 0 Å². The Hall–Kier alpha value is -3.66. The Balaban J connectivity index is 2.20. The molecule has 27 heavy (non-hydrogen) atoms. The summed E-state index contributed by atoms with van der Waals surface area (Å²) in [5, 5.41) is 21.9. The molecular formula is C20H11F3N2O2. The molecule has 0 aliphatic heterocycles. The number of rotatable bonds is 3. The Bertz CT molecular complexity index is 1110. The molecule has 0 saturated carbocycles. The quantitative estimate of drug-likeness (QED) is 0.253. The number of hydrogen-bond acceptors (Lipinski definition) is 3. The van der Waals surface area contributed by atoms with Gasteiger partial charge in [-0.05, 0) is 40.1 Å². The number of allylic oxidation sites excluding steroid dienone is 1. The monoisotopic (exact) mass is 368 g/mol. The second kappa shape index (κ2) is 6.92. The molecule has 0 spiro atoms. The summed E-state index contributed by atoms with van der Waals surface area (Å²) in [7, 11) is 0. The Kier molecular flexibility index (Phi) is 4.65. The van der Waals surface area contributed by atoms with Gasteiger partial charge < -0.3 is 0 Å². The fourth-order valence-corrected chi connectivity index (χ4v) is 2.75. The molecule has 0 heterocycles. The first-order chi connectivity index (χ1) is 12.8. The number of nitro groups is 1. The van der Waals surface area contributed by atoms with Crippen molar-refractivity contribution in [1.82, 2.24) is 0 Å². The number of nitrogens with zero attached hydrogens (tertiary/aromatic N) is 2. The molecule has 3 aromatic carbocycles. The molecular weight excluding hydrogens is 357 g/mol. The van der Waals surface area contributed by atoms with Crippen molar-refractivity contribution in [3.8, 4) is 6.07 Å². The minimum atomic E-state index is -4.53. The van der Waals surface area contributed by atoms with Crippen molar-refractivity contribution in [2.24, 2.45) is 0 Å². The highest BCUT2D eigenvalue weighted by Crippen LogP contribution is 2.32. The number of benzene rings is 3. The Morgan fingerprint density at radius 3 is 2.48 bits per heavy atom. The first kappa shape index (κ1) is 18.1. The van der Waals surface area contributed by atoms with Gasteiger partial charge in [0.1, 0.15) is 0 Å². The van der Waals surface area contributed by atoms with Crippen LogP contribution in [0.4, 0.5) is 18.9 Å². The van der Waals surface area contributed by atoms with Gasteiger partial charge in [-0.1, -0.05) is 36.4 Å². The Morgan fingerprint density at radius 2 is 1.81 bits per heavy atom. The number of alkyl halides is 3. The third-order valence-electron chi connectivity index (χ3n) is 4.01. The summed E-state index contributed by atoms with van der Waals surface area (Å²) in [5.74, 6) is 0. The second-order valence-electron chi connectivity index (χ2n) is 5.76. The van der Waals surface area contributed by atoms with Crippen LogP contribution in [-0.4, -0.2) is 4.92 Å². The molecule has 0 aromatic heterocycles. The molecule has 0 aliphatic carbocycles. The van der Waals surface area contributed by atoms with Gasteiger partial charge in [0.15, 0.2) is 0 Å². The van der Waals surface area contributed by atoms with Crippen molar-refractivity contribution in [3.63, 3.8) is 0 Å². The van der Waals surface area contributed by atoms with Crippen LogP contribution in [0.1, 0.15) is 16.7 Å². The van der Waals surface area contributed by atoms with Crippen molar-refractivity contribution in [3.05, 3.63) is 87.5 Å². The average Bonchev–Trinajstić information content (AvgIpc) is 2.65. The van der Waals surface area contributed by atoms with E-state index in [1.807, 2.05) is 6.07 Å². The molecule has 3 rings (SSSR count). The normalized spacial score (nSPS) is 12.0. The lowest BCUT2D eigenvalue weighted by Crippen LogP contribution is -2.04. The molecule has 4 nitrogen and oxygen atoms in total. The summed E-state index contributed by atoms with van der Waals surface area (Å²) < 4.78 is 38.8. The maximum Gasteiger partial charge on any atom is 0.416 e. The number of nitro benzene ring substituents is 1. The molecule has 0 fully saturated rings. The molecule has 0 N–H and O–H groups in total. The molecule has 3 aromatic rings. The first-order valence-corrected chi connectivity index (χ1v) is 7.76. The summed E-state index contributed by atoms with van der Waals surface area (Å²) in [6.45, 7) is 0. The van der Waals surface area contributed by atoms with Crippen LogP contribution < -0.4 is 0 Å². The molecule has 7 heteroatoms. The van der Waals surface area contributed by atoms with Crippen molar-refractivity contribution in [2.45, 2.75) is 6.18 Å². The number of non-ortho nitro benzene ring substituents is 1. The molecule has 0 amide bonds. The van der Waals surface area contributed by atoms with Gasteiger partial charge in [-0.25, -0.2) is 0 Å². The highest BCUT2D eigenvalue weighted by Gasteiger charge is 2.30. The van der Waals surface area contributed by atoms with E-state index in [0.29, 0.717) is 16.3 Å². The lowest BCUT2D eigenvalue weighted by molar-refractivity contribution is -0.384. The Morgan fingerprint density at radius 1 is 1.07 bits per heavy atom. The number of fused-ring (bicyclic) bond motifs is 1. The fraction of sp³-hybridized carbons (Fsp3) is 0.0500. The van der Waals surface area contributed by atoms with Crippen molar-refractivity contribution >= 4 is 28.1 Å². The summed E-state index contributed by atoms with van der Waals surface area (Å²) in [5.41, 5.74) is -0.588. The summed E-state index contributed by atoms with van der Waals surface area (Å²) in [4.78, 5) is 10.6. The number of nitriles is 1. The maximum atomic E-state index is 12.9. The van der Waals surface area contributed by atoms with E-state index in [9.17, 15) is 28.5 Å². The van der Waals surface area contributed by atoms with Gasteiger partial charge in [0.2, 0.25) is 0 Å². The van der Waals surface area contributed by atoms with E-state index in [0.717, 1.165) is 12.1 Å². The zero-order valence-corrected chi connectivity index (χ0v) is 13.7. The van der Waals surface area contributed by atoms with E-state index in [2.05, 4.69) is 0 Å². The summed E-state index contributed by atoms with van der Waals surface area (Å²) >= 11 is 0. The van der Waals surface area contributed by atoms with E-state index in [4.69, 9.17) is 0 Å². The zero-order valence-electron chi connectivity index (χ0n) is 13.7. The van der Waals surface area contributed by atoms with Crippen LogP contribution in [0.25, 0.3) is 22.4 Å². The van der Waals surface area contributed by atoms with E-state index in [-0.39, 0.29) is 16.8 Å². The van der Waals surface area contributed by atoms with E-state index < -0.39 is 16.7 Å². The average molecular weight is 368 g/mol. The molecule has 0 radical (unpaired) electrons. The van der Waals surface area contributed by atoms with Crippen LogP contribution in [0, 0.1) is 21.4 Å². The summed E-state index contributed by atoms with van der Waals surface area (Å²) in [6.07, 6.45) is -3.17. The van der Waals surface area contributed by atoms with Gasteiger partial charge in [0.25, 0.3) is 5.69 Å². The SMILES string of the molecule is N#CC(=Cc1cc([N+](=O)[O-])cc2ccccc12)c1cccc(C(F)(F)F)c1. The second-order valence-corrected chi connectivity index (χ2v) is 5.76. The van der Waals surface area contributed by atoms with Gasteiger partial charge in [-0.2, -0.15) is 18.4 Å². The topological polar surface area (TPSA) is 66.9 Å². The number of halogens is 3. The largest absolute Gasteiger partial charge is 0.416 e.